The number of aromatic nitrogens is 2. The Kier molecular flexibility index (Phi) is 3.13. The highest BCUT2D eigenvalue weighted by Gasteiger charge is 2.06. The van der Waals surface area contributed by atoms with Gasteiger partial charge in [0.1, 0.15) is 0 Å². The fraction of sp³-hybridized carbons (Fsp3) is 0.133. The third kappa shape index (κ3) is 2.29. The Morgan fingerprint density at radius 2 is 2.11 bits per heavy atom. The number of hydrogen-bond acceptors (Lipinski definition) is 2. The fourth-order valence-corrected chi connectivity index (χ4v) is 2.47. The van der Waals surface area contributed by atoms with Gasteiger partial charge in [0, 0.05) is 29.8 Å². The van der Waals surface area contributed by atoms with Gasteiger partial charge in [-0.05, 0) is 30.2 Å². The number of benzene rings is 1. The van der Waals surface area contributed by atoms with Crippen LogP contribution < -0.4 is 5.32 Å². The molecule has 3 rings (SSSR count). The maximum absolute atomic E-state index is 6.11. The van der Waals surface area contributed by atoms with Crippen LogP contribution in [0.25, 0.3) is 10.9 Å². The molecule has 0 saturated heterocycles. The van der Waals surface area contributed by atoms with Crippen LogP contribution in [0.2, 0.25) is 5.15 Å². The van der Waals surface area contributed by atoms with Crippen molar-refractivity contribution in [3.63, 3.8) is 0 Å². The smallest absolute Gasteiger partial charge is 0.152 e. The van der Waals surface area contributed by atoms with Gasteiger partial charge in [0.25, 0.3) is 0 Å². The molecular formula is C15H14ClN3. The highest BCUT2D eigenvalue weighted by Crippen LogP contribution is 2.25. The van der Waals surface area contributed by atoms with E-state index in [0.29, 0.717) is 5.15 Å². The lowest BCUT2D eigenvalue weighted by molar-refractivity contribution is 1.13. The fourth-order valence-electron chi connectivity index (χ4n) is 2.20. The van der Waals surface area contributed by atoms with E-state index < -0.39 is 0 Å². The molecule has 0 aliphatic carbocycles. The van der Waals surface area contributed by atoms with Crippen LogP contribution in [0, 0.1) is 6.92 Å². The first-order chi connectivity index (χ1) is 9.25. The van der Waals surface area contributed by atoms with Crippen LogP contribution in [0.4, 0.5) is 5.69 Å². The highest BCUT2D eigenvalue weighted by atomic mass is 35.5. The molecule has 2 N–H and O–H groups in total. The summed E-state index contributed by atoms with van der Waals surface area (Å²) >= 11 is 6.11. The van der Waals surface area contributed by atoms with Crippen molar-refractivity contribution in [1.82, 2.24) is 9.97 Å². The van der Waals surface area contributed by atoms with Crippen molar-refractivity contribution in [2.45, 2.75) is 13.5 Å². The Balaban J connectivity index is 1.87. The summed E-state index contributed by atoms with van der Waals surface area (Å²) in [4.78, 5) is 7.36. The molecule has 0 spiro atoms. The molecule has 0 amide bonds. The maximum Gasteiger partial charge on any atom is 0.152 e. The minimum Gasteiger partial charge on any atom is -0.378 e. The van der Waals surface area contributed by atoms with E-state index in [2.05, 4.69) is 27.4 Å². The lowest BCUT2D eigenvalue weighted by Gasteiger charge is -2.10. The number of pyridine rings is 1. The Labute approximate surface area is 116 Å². The number of fused-ring (bicyclic) bond motifs is 1. The molecule has 0 bridgehead atoms. The van der Waals surface area contributed by atoms with Crippen LogP contribution in [0.1, 0.15) is 11.1 Å². The third-order valence-corrected chi connectivity index (χ3v) is 3.53. The maximum atomic E-state index is 6.11. The Morgan fingerprint density at radius 1 is 1.26 bits per heavy atom. The van der Waals surface area contributed by atoms with Crippen molar-refractivity contribution in [2.75, 3.05) is 5.32 Å². The van der Waals surface area contributed by atoms with E-state index in [4.69, 9.17) is 11.6 Å². The first-order valence-electron chi connectivity index (χ1n) is 6.15. The van der Waals surface area contributed by atoms with Crippen molar-refractivity contribution in [3.05, 3.63) is 59.0 Å². The summed E-state index contributed by atoms with van der Waals surface area (Å²) in [5.41, 5.74) is 4.36. The predicted molar refractivity (Wildman–Crippen MR) is 79.6 cm³/mol. The van der Waals surface area contributed by atoms with Gasteiger partial charge in [-0.15, -0.1) is 0 Å². The molecule has 0 aliphatic heterocycles. The monoisotopic (exact) mass is 271 g/mol. The SMILES string of the molecule is Cc1ccnc(Cl)c1NCc1c[nH]c2ccccc12. The molecule has 0 fully saturated rings. The number of para-hydroxylation sites is 1. The number of nitrogens with zero attached hydrogens (tertiary/aromatic N) is 1. The van der Waals surface area contributed by atoms with Crippen LogP contribution in [0.15, 0.2) is 42.7 Å². The average Bonchev–Trinajstić information content (AvgIpc) is 2.82. The molecule has 2 aromatic heterocycles. The Morgan fingerprint density at radius 3 is 2.95 bits per heavy atom. The molecule has 0 radical (unpaired) electrons. The molecule has 96 valence electrons. The second-order valence-electron chi connectivity index (χ2n) is 4.51. The van der Waals surface area contributed by atoms with Gasteiger partial charge in [-0.25, -0.2) is 4.98 Å². The number of aromatic amines is 1. The number of hydrogen-bond donors (Lipinski definition) is 2. The Bertz CT molecular complexity index is 698. The molecule has 19 heavy (non-hydrogen) atoms. The van der Waals surface area contributed by atoms with Crippen LogP contribution in [-0.2, 0) is 6.54 Å². The van der Waals surface area contributed by atoms with Crippen molar-refractivity contribution >= 4 is 28.2 Å². The molecule has 1 aromatic carbocycles. The lowest BCUT2D eigenvalue weighted by atomic mass is 10.1. The molecule has 0 saturated carbocycles. The molecule has 0 aliphatic rings. The van der Waals surface area contributed by atoms with E-state index in [0.717, 1.165) is 23.3 Å². The van der Waals surface area contributed by atoms with Crippen molar-refractivity contribution in [3.8, 4) is 0 Å². The third-order valence-electron chi connectivity index (χ3n) is 3.24. The van der Waals surface area contributed by atoms with Gasteiger partial charge in [-0.3, -0.25) is 0 Å². The van der Waals surface area contributed by atoms with E-state index >= 15 is 0 Å². The second-order valence-corrected chi connectivity index (χ2v) is 4.86. The molecule has 3 aromatic rings. The number of nitrogens with one attached hydrogen (secondary N) is 2. The summed E-state index contributed by atoms with van der Waals surface area (Å²) in [5.74, 6) is 0. The molecule has 3 nitrogen and oxygen atoms in total. The summed E-state index contributed by atoms with van der Waals surface area (Å²) < 4.78 is 0. The Hall–Kier alpha value is -2.00. The van der Waals surface area contributed by atoms with E-state index in [1.165, 1.54) is 10.9 Å². The standard InChI is InChI=1S/C15H14ClN3/c1-10-6-7-17-15(16)14(10)19-9-11-8-18-13-5-3-2-4-12(11)13/h2-8,18-19H,9H2,1H3. The zero-order valence-corrected chi connectivity index (χ0v) is 11.3. The molecular weight excluding hydrogens is 258 g/mol. The zero-order chi connectivity index (χ0) is 13.2. The van der Waals surface area contributed by atoms with Crippen LogP contribution >= 0.6 is 11.6 Å². The van der Waals surface area contributed by atoms with E-state index in [1.807, 2.05) is 31.3 Å². The minimum atomic E-state index is 0.514. The quantitative estimate of drug-likeness (QED) is 0.703. The van der Waals surface area contributed by atoms with E-state index in [-0.39, 0.29) is 0 Å². The van der Waals surface area contributed by atoms with Gasteiger partial charge >= 0.3 is 0 Å². The van der Waals surface area contributed by atoms with Gasteiger partial charge in [0.15, 0.2) is 5.15 Å². The van der Waals surface area contributed by atoms with Crippen LogP contribution in [-0.4, -0.2) is 9.97 Å². The van der Waals surface area contributed by atoms with Crippen molar-refractivity contribution in [1.29, 1.82) is 0 Å². The predicted octanol–water partition coefficient (Wildman–Crippen LogP) is 4.14. The van der Waals surface area contributed by atoms with Gasteiger partial charge in [0.05, 0.1) is 5.69 Å². The van der Waals surface area contributed by atoms with E-state index in [9.17, 15) is 0 Å². The summed E-state index contributed by atoms with van der Waals surface area (Å²) in [6.07, 6.45) is 3.74. The number of rotatable bonds is 3. The molecule has 0 atom stereocenters. The minimum absolute atomic E-state index is 0.514. The lowest BCUT2D eigenvalue weighted by Crippen LogP contribution is -2.02. The second kappa shape index (κ2) is 4.94. The number of H-pyrrole nitrogens is 1. The number of halogens is 1. The largest absolute Gasteiger partial charge is 0.378 e. The summed E-state index contributed by atoms with van der Waals surface area (Å²) in [5, 5.41) is 5.10. The molecule has 4 heteroatoms. The number of anilines is 1. The van der Waals surface area contributed by atoms with Gasteiger partial charge in [-0.2, -0.15) is 0 Å². The zero-order valence-electron chi connectivity index (χ0n) is 10.6. The highest BCUT2D eigenvalue weighted by molar-refractivity contribution is 6.32. The summed E-state index contributed by atoms with van der Waals surface area (Å²) in [6.45, 7) is 2.74. The summed E-state index contributed by atoms with van der Waals surface area (Å²) in [7, 11) is 0. The van der Waals surface area contributed by atoms with Crippen molar-refractivity contribution in [2.24, 2.45) is 0 Å². The normalized spacial score (nSPS) is 10.8. The van der Waals surface area contributed by atoms with Gasteiger partial charge in [-0.1, -0.05) is 29.8 Å². The van der Waals surface area contributed by atoms with Crippen LogP contribution in [0.5, 0.6) is 0 Å². The topological polar surface area (TPSA) is 40.7 Å². The van der Waals surface area contributed by atoms with Gasteiger partial charge < -0.3 is 10.3 Å². The first kappa shape index (κ1) is 12.1. The van der Waals surface area contributed by atoms with E-state index in [1.54, 1.807) is 6.20 Å². The summed E-state index contributed by atoms with van der Waals surface area (Å²) in [6, 6.07) is 10.2. The number of aryl methyl sites for hydroxylation is 1. The molecule has 2 heterocycles. The molecule has 0 unspecified atom stereocenters. The van der Waals surface area contributed by atoms with Gasteiger partial charge in [0.2, 0.25) is 0 Å². The van der Waals surface area contributed by atoms with Crippen LogP contribution in [0.3, 0.4) is 0 Å². The van der Waals surface area contributed by atoms with Crippen molar-refractivity contribution < 1.29 is 0 Å². The first-order valence-corrected chi connectivity index (χ1v) is 6.53. The average molecular weight is 272 g/mol.